The lowest BCUT2D eigenvalue weighted by atomic mass is 10.1. The van der Waals surface area contributed by atoms with Gasteiger partial charge in [0.05, 0.1) is 6.26 Å². The molecule has 0 aliphatic rings. The number of rotatable bonds is 9. The van der Waals surface area contributed by atoms with E-state index in [2.05, 4.69) is 35.6 Å². The third-order valence-electron chi connectivity index (χ3n) is 2.99. The van der Waals surface area contributed by atoms with E-state index in [0.717, 1.165) is 3.77 Å². The average molecular weight is 334 g/mol. The van der Waals surface area contributed by atoms with Crippen LogP contribution in [-0.4, -0.2) is 0 Å². The summed E-state index contributed by atoms with van der Waals surface area (Å²) in [6, 6.07) is 2.10. The third-order valence-corrected chi connectivity index (χ3v) is 3.94. The molecular weight excluding hydrogens is 311 g/mol. The van der Waals surface area contributed by atoms with Crippen molar-refractivity contribution in [3.8, 4) is 0 Å². The van der Waals surface area contributed by atoms with E-state index >= 15 is 0 Å². The lowest BCUT2D eigenvalue weighted by Gasteiger charge is -2.01. The molecule has 1 rings (SSSR count). The van der Waals surface area contributed by atoms with Gasteiger partial charge in [0.25, 0.3) is 0 Å². The maximum absolute atomic E-state index is 5.27. The molecule has 0 atom stereocenters. The maximum Gasteiger partial charge on any atom is 0.166 e. The zero-order valence-electron chi connectivity index (χ0n) is 10.3. The second kappa shape index (κ2) is 9.08. The van der Waals surface area contributed by atoms with Gasteiger partial charge in [-0.25, -0.2) is 0 Å². The molecule has 92 valence electrons. The Hall–Kier alpha value is 0.01000. The van der Waals surface area contributed by atoms with Crippen LogP contribution in [0.4, 0.5) is 0 Å². The van der Waals surface area contributed by atoms with Crippen LogP contribution in [0.2, 0.25) is 0 Å². The first-order chi connectivity index (χ1) is 7.84. The fraction of sp³-hybridized carbons (Fsp3) is 0.714. The highest BCUT2D eigenvalue weighted by atomic mass is 127. The van der Waals surface area contributed by atoms with Crippen molar-refractivity contribution in [3.05, 3.63) is 21.7 Å². The highest BCUT2D eigenvalue weighted by Gasteiger charge is 2.01. The van der Waals surface area contributed by atoms with Crippen LogP contribution in [0.25, 0.3) is 0 Å². The molecule has 16 heavy (non-hydrogen) atoms. The number of hydrogen-bond donors (Lipinski definition) is 0. The van der Waals surface area contributed by atoms with Crippen LogP contribution in [0.5, 0.6) is 0 Å². The minimum Gasteiger partial charge on any atom is -0.458 e. The third kappa shape index (κ3) is 5.92. The van der Waals surface area contributed by atoms with Gasteiger partial charge in [-0.1, -0.05) is 51.9 Å². The largest absolute Gasteiger partial charge is 0.458 e. The van der Waals surface area contributed by atoms with Gasteiger partial charge < -0.3 is 4.42 Å². The first-order valence-corrected chi connectivity index (χ1v) is 7.64. The molecule has 0 spiro atoms. The molecule has 0 unspecified atom stereocenters. The van der Waals surface area contributed by atoms with Crippen molar-refractivity contribution in [2.75, 3.05) is 0 Å². The monoisotopic (exact) mass is 334 g/mol. The Balaban J connectivity index is 1.91. The highest BCUT2D eigenvalue weighted by Crippen LogP contribution is 2.16. The van der Waals surface area contributed by atoms with Crippen LogP contribution in [0.1, 0.15) is 63.9 Å². The van der Waals surface area contributed by atoms with E-state index in [9.17, 15) is 0 Å². The van der Waals surface area contributed by atoms with Crippen LogP contribution in [-0.2, 0) is 6.42 Å². The molecular formula is C14H23IO. The van der Waals surface area contributed by atoms with Crippen molar-refractivity contribution in [2.24, 2.45) is 0 Å². The lowest BCUT2D eigenvalue weighted by Crippen LogP contribution is -1.86. The van der Waals surface area contributed by atoms with E-state index in [1.54, 1.807) is 6.26 Å². The van der Waals surface area contributed by atoms with E-state index in [-0.39, 0.29) is 0 Å². The van der Waals surface area contributed by atoms with Crippen LogP contribution in [0.3, 0.4) is 0 Å². The van der Waals surface area contributed by atoms with Crippen molar-refractivity contribution >= 4 is 22.6 Å². The van der Waals surface area contributed by atoms with E-state index in [1.165, 1.54) is 63.4 Å². The van der Waals surface area contributed by atoms with Crippen molar-refractivity contribution in [1.82, 2.24) is 0 Å². The number of furan rings is 1. The second-order valence-electron chi connectivity index (χ2n) is 4.44. The number of hydrogen-bond acceptors (Lipinski definition) is 1. The normalized spacial score (nSPS) is 10.9. The van der Waals surface area contributed by atoms with Crippen molar-refractivity contribution < 1.29 is 4.42 Å². The summed E-state index contributed by atoms with van der Waals surface area (Å²) in [6.45, 7) is 2.27. The Morgan fingerprint density at radius 2 is 1.62 bits per heavy atom. The minimum absolute atomic E-state index is 1.07. The molecule has 1 nitrogen and oxygen atoms in total. The van der Waals surface area contributed by atoms with Gasteiger partial charge in [0.1, 0.15) is 0 Å². The standard InChI is InChI=1S/C14H23IO/c1-2-3-4-5-6-7-8-9-10-13-11-12-16-14(13)15/h11-12H,2-10H2,1H3. The topological polar surface area (TPSA) is 13.1 Å². The summed E-state index contributed by atoms with van der Waals surface area (Å²) in [6.07, 6.45) is 14.1. The molecule has 1 aromatic heterocycles. The number of unbranched alkanes of at least 4 members (excludes halogenated alkanes) is 7. The summed E-state index contributed by atoms with van der Waals surface area (Å²) in [7, 11) is 0. The van der Waals surface area contributed by atoms with Gasteiger partial charge in [-0.3, -0.25) is 0 Å². The summed E-state index contributed by atoms with van der Waals surface area (Å²) in [5, 5.41) is 0. The van der Waals surface area contributed by atoms with Gasteiger partial charge in [0, 0.05) is 5.56 Å². The predicted octanol–water partition coefficient (Wildman–Crippen LogP) is 5.57. The van der Waals surface area contributed by atoms with Gasteiger partial charge in [-0.2, -0.15) is 0 Å². The van der Waals surface area contributed by atoms with E-state index < -0.39 is 0 Å². The number of aryl methyl sites for hydroxylation is 1. The molecule has 2 heteroatoms. The minimum atomic E-state index is 1.07. The van der Waals surface area contributed by atoms with Gasteiger partial charge >= 0.3 is 0 Å². The smallest absolute Gasteiger partial charge is 0.166 e. The van der Waals surface area contributed by atoms with Crippen LogP contribution < -0.4 is 0 Å². The molecule has 0 radical (unpaired) electrons. The second-order valence-corrected chi connectivity index (χ2v) is 5.42. The Labute approximate surface area is 113 Å². The zero-order valence-corrected chi connectivity index (χ0v) is 12.5. The first-order valence-electron chi connectivity index (χ1n) is 6.56. The van der Waals surface area contributed by atoms with Gasteiger partial charge in [-0.15, -0.1) is 0 Å². The highest BCUT2D eigenvalue weighted by molar-refractivity contribution is 14.1. The zero-order chi connectivity index (χ0) is 11.6. The van der Waals surface area contributed by atoms with Gasteiger partial charge in [0.2, 0.25) is 0 Å². The van der Waals surface area contributed by atoms with Crippen molar-refractivity contribution in [1.29, 1.82) is 0 Å². The fourth-order valence-electron chi connectivity index (χ4n) is 1.95. The van der Waals surface area contributed by atoms with E-state index in [0.29, 0.717) is 0 Å². The molecule has 1 aromatic rings. The molecule has 0 fully saturated rings. The summed E-state index contributed by atoms with van der Waals surface area (Å²) in [4.78, 5) is 0. The molecule has 0 saturated heterocycles. The molecule has 0 bridgehead atoms. The summed E-state index contributed by atoms with van der Waals surface area (Å²) >= 11 is 2.27. The molecule has 0 aliphatic heterocycles. The average Bonchev–Trinajstić information content (AvgIpc) is 2.68. The molecule has 1 heterocycles. The quantitative estimate of drug-likeness (QED) is 0.425. The molecule has 0 saturated carbocycles. The molecule has 0 N–H and O–H groups in total. The SMILES string of the molecule is CCCCCCCCCCc1ccoc1I. The Bertz CT molecular complexity index is 267. The van der Waals surface area contributed by atoms with Gasteiger partial charge in [0.15, 0.2) is 3.77 Å². The predicted molar refractivity (Wildman–Crippen MR) is 77.7 cm³/mol. The molecule has 0 aromatic carbocycles. The Morgan fingerprint density at radius 1 is 1.00 bits per heavy atom. The van der Waals surface area contributed by atoms with Crippen molar-refractivity contribution in [2.45, 2.75) is 64.7 Å². The van der Waals surface area contributed by atoms with Crippen LogP contribution in [0, 0.1) is 3.77 Å². The molecule has 0 aliphatic carbocycles. The van der Waals surface area contributed by atoms with Crippen LogP contribution >= 0.6 is 22.6 Å². The summed E-state index contributed by atoms with van der Waals surface area (Å²) in [5.74, 6) is 0. The number of halogens is 1. The Kier molecular flexibility index (Phi) is 7.99. The van der Waals surface area contributed by atoms with E-state index in [1.807, 2.05) is 0 Å². The van der Waals surface area contributed by atoms with Crippen molar-refractivity contribution in [3.63, 3.8) is 0 Å². The maximum atomic E-state index is 5.27. The fourth-order valence-corrected chi connectivity index (χ4v) is 2.54. The lowest BCUT2D eigenvalue weighted by molar-refractivity contribution is 0.530. The first kappa shape index (κ1) is 14.1. The van der Waals surface area contributed by atoms with E-state index in [4.69, 9.17) is 4.42 Å². The summed E-state index contributed by atoms with van der Waals surface area (Å²) < 4.78 is 6.34. The summed E-state index contributed by atoms with van der Waals surface area (Å²) in [5.41, 5.74) is 1.38. The Morgan fingerprint density at radius 3 is 2.19 bits per heavy atom. The van der Waals surface area contributed by atoms with Gasteiger partial charge in [-0.05, 0) is 41.5 Å². The van der Waals surface area contributed by atoms with Crippen LogP contribution in [0.15, 0.2) is 16.7 Å². The molecule has 0 amide bonds.